The first-order valence-electron chi connectivity index (χ1n) is 9.98. The van der Waals surface area contributed by atoms with Crippen molar-refractivity contribution >= 4 is 41.0 Å². The van der Waals surface area contributed by atoms with Crippen LogP contribution in [0.5, 0.6) is 5.75 Å². The smallest absolute Gasteiger partial charge is 0.329 e. The molecule has 0 spiro atoms. The molecular weight excluding hydrogens is 412 g/mol. The fraction of sp³-hybridized carbons (Fsp3) is 0.524. The minimum absolute atomic E-state index is 0.239. The summed E-state index contributed by atoms with van der Waals surface area (Å²) >= 11 is 5.93. The Bertz CT molecular complexity index is 891. The van der Waals surface area contributed by atoms with Gasteiger partial charge in [-0.3, -0.25) is 19.3 Å². The van der Waals surface area contributed by atoms with Crippen LogP contribution in [0.3, 0.4) is 0 Å². The first-order chi connectivity index (χ1) is 14.3. The van der Waals surface area contributed by atoms with Crippen molar-refractivity contribution in [3.8, 4) is 5.75 Å². The molecule has 1 aromatic carbocycles. The fourth-order valence-electron chi connectivity index (χ4n) is 5.14. The van der Waals surface area contributed by atoms with Crippen molar-refractivity contribution in [2.24, 2.45) is 23.7 Å². The van der Waals surface area contributed by atoms with Crippen molar-refractivity contribution in [2.75, 3.05) is 19.0 Å². The van der Waals surface area contributed by atoms with E-state index in [2.05, 4.69) is 5.32 Å². The van der Waals surface area contributed by atoms with E-state index in [-0.39, 0.29) is 35.5 Å². The number of ether oxygens (including phenoxy) is 2. The Labute approximate surface area is 178 Å². The number of rotatable bonds is 6. The Morgan fingerprint density at radius 2 is 1.83 bits per heavy atom. The van der Waals surface area contributed by atoms with Gasteiger partial charge >= 0.3 is 5.97 Å². The van der Waals surface area contributed by atoms with E-state index in [1.807, 2.05) is 0 Å². The molecule has 5 atom stereocenters. The van der Waals surface area contributed by atoms with E-state index < -0.39 is 24.5 Å². The highest BCUT2D eigenvalue weighted by Crippen LogP contribution is 2.56. The summed E-state index contributed by atoms with van der Waals surface area (Å²) < 4.78 is 10.2. The van der Waals surface area contributed by atoms with Gasteiger partial charge in [0.25, 0.3) is 5.91 Å². The maximum Gasteiger partial charge on any atom is 0.329 e. The Kier molecular flexibility index (Phi) is 5.44. The van der Waals surface area contributed by atoms with Crippen molar-refractivity contribution in [3.05, 3.63) is 23.2 Å². The normalized spacial score (nSPS) is 27.8. The third-order valence-electron chi connectivity index (χ3n) is 6.47. The first-order valence-corrected chi connectivity index (χ1v) is 10.4. The van der Waals surface area contributed by atoms with Gasteiger partial charge < -0.3 is 14.8 Å². The number of benzene rings is 1. The molecule has 0 radical (unpaired) electrons. The van der Waals surface area contributed by atoms with Gasteiger partial charge in [0, 0.05) is 5.02 Å². The number of hydrogen-bond donors (Lipinski definition) is 1. The van der Waals surface area contributed by atoms with Crippen LogP contribution in [0.4, 0.5) is 5.69 Å². The number of hydrogen-bond acceptors (Lipinski definition) is 6. The molecule has 3 amide bonds. The molecule has 1 saturated heterocycles. The zero-order chi connectivity index (χ0) is 21.6. The average molecular weight is 435 g/mol. The Morgan fingerprint density at radius 1 is 1.20 bits per heavy atom. The number of nitrogens with one attached hydrogen (secondary N) is 1. The van der Waals surface area contributed by atoms with Gasteiger partial charge in [-0.15, -0.1) is 0 Å². The van der Waals surface area contributed by atoms with Gasteiger partial charge in [-0.25, -0.2) is 4.79 Å². The number of carbonyl (C=O) groups excluding carboxylic acids is 4. The standard InChI is InChI=1S/C21H23ClN2O6/c1-10(24-19(26)17-11-3-4-12(7-11)18(17)20(24)27)21(28)30-9-16(25)23-14-8-13(22)5-6-15(14)29-2/h5-6,8,10-12,17-18H,3-4,7,9H2,1-2H3,(H,23,25)/t10-,11-,12-,17-,18+/m0/s1. The number of carbonyl (C=O) groups is 4. The molecule has 30 heavy (non-hydrogen) atoms. The second-order valence-electron chi connectivity index (χ2n) is 8.11. The van der Waals surface area contributed by atoms with Crippen molar-refractivity contribution in [1.82, 2.24) is 4.90 Å². The van der Waals surface area contributed by atoms with E-state index in [9.17, 15) is 19.2 Å². The van der Waals surface area contributed by atoms with E-state index in [1.54, 1.807) is 12.1 Å². The number of nitrogens with zero attached hydrogens (tertiary/aromatic N) is 1. The summed E-state index contributed by atoms with van der Waals surface area (Å²) in [7, 11) is 1.45. The zero-order valence-electron chi connectivity index (χ0n) is 16.7. The van der Waals surface area contributed by atoms with Gasteiger partial charge in [-0.1, -0.05) is 11.6 Å². The summed E-state index contributed by atoms with van der Waals surface area (Å²) in [5.74, 6) is -1.67. The molecule has 3 fully saturated rings. The van der Waals surface area contributed by atoms with Crippen LogP contribution < -0.4 is 10.1 Å². The van der Waals surface area contributed by atoms with Crippen LogP contribution in [0.25, 0.3) is 0 Å². The minimum Gasteiger partial charge on any atom is -0.495 e. The van der Waals surface area contributed by atoms with Crippen LogP contribution >= 0.6 is 11.6 Å². The summed E-state index contributed by atoms with van der Waals surface area (Å²) in [6, 6.07) is 3.66. The fourth-order valence-corrected chi connectivity index (χ4v) is 5.31. The van der Waals surface area contributed by atoms with Crippen molar-refractivity contribution < 1.29 is 28.7 Å². The van der Waals surface area contributed by atoms with E-state index in [0.29, 0.717) is 16.5 Å². The van der Waals surface area contributed by atoms with Crippen LogP contribution in [0.15, 0.2) is 18.2 Å². The van der Waals surface area contributed by atoms with Crippen molar-refractivity contribution in [2.45, 2.75) is 32.2 Å². The number of fused-ring (bicyclic) bond motifs is 5. The molecule has 1 N–H and O–H groups in total. The third-order valence-corrected chi connectivity index (χ3v) is 6.71. The van der Waals surface area contributed by atoms with Gasteiger partial charge in [0.05, 0.1) is 24.6 Å². The number of likely N-dealkylation sites (tertiary alicyclic amines) is 1. The molecule has 2 saturated carbocycles. The van der Waals surface area contributed by atoms with Crippen LogP contribution in [0.2, 0.25) is 5.02 Å². The van der Waals surface area contributed by atoms with E-state index in [1.165, 1.54) is 20.1 Å². The molecule has 2 bridgehead atoms. The van der Waals surface area contributed by atoms with Crippen molar-refractivity contribution in [1.29, 1.82) is 0 Å². The second kappa shape index (κ2) is 7.91. The monoisotopic (exact) mass is 434 g/mol. The average Bonchev–Trinajstić information content (AvgIpc) is 3.39. The number of methoxy groups -OCH3 is 1. The molecular formula is C21H23ClN2O6. The number of anilines is 1. The lowest BCUT2D eigenvalue weighted by atomic mass is 9.81. The molecule has 0 unspecified atom stereocenters. The molecule has 3 aliphatic rings. The Hall–Kier alpha value is -2.61. The quantitative estimate of drug-likeness (QED) is 0.544. The lowest BCUT2D eigenvalue weighted by Gasteiger charge is -2.23. The summed E-state index contributed by atoms with van der Waals surface area (Å²) in [6.07, 6.45) is 2.85. The van der Waals surface area contributed by atoms with Gasteiger partial charge in [0.15, 0.2) is 6.61 Å². The molecule has 160 valence electrons. The number of esters is 1. The summed E-state index contributed by atoms with van der Waals surface area (Å²) in [4.78, 5) is 51.3. The molecule has 4 rings (SSSR count). The summed E-state index contributed by atoms with van der Waals surface area (Å²) in [5.41, 5.74) is 0.340. The SMILES string of the molecule is COc1ccc(Cl)cc1NC(=O)COC(=O)[C@H](C)N1C(=O)[C@@H]2[C@H]3CC[C@@H](C3)[C@@H]2C1=O. The molecule has 1 aromatic rings. The van der Waals surface area contributed by atoms with Crippen LogP contribution in [-0.4, -0.2) is 48.3 Å². The Morgan fingerprint density at radius 3 is 2.43 bits per heavy atom. The van der Waals surface area contributed by atoms with Gasteiger partial charge in [-0.2, -0.15) is 0 Å². The van der Waals surface area contributed by atoms with E-state index in [4.69, 9.17) is 21.1 Å². The van der Waals surface area contributed by atoms with Gasteiger partial charge in [-0.05, 0) is 56.2 Å². The highest BCUT2D eigenvalue weighted by atomic mass is 35.5. The van der Waals surface area contributed by atoms with Crippen LogP contribution in [-0.2, 0) is 23.9 Å². The molecule has 2 aliphatic carbocycles. The molecule has 1 heterocycles. The van der Waals surface area contributed by atoms with Crippen molar-refractivity contribution in [3.63, 3.8) is 0 Å². The maximum atomic E-state index is 12.8. The van der Waals surface area contributed by atoms with Crippen LogP contribution in [0, 0.1) is 23.7 Å². The maximum absolute atomic E-state index is 12.8. The number of halogens is 1. The predicted molar refractivity (Wildman–Crippen MR) is 107 cm³/mol. The molecule has 0 aromatic heterocycles. The topological polar surface area (TPSA) is 102 Å². The Balaban J connectivity index is 1.35. The summed E-state index contributed by atoms with van der Waals surface area (Å²) in [5, 5.41) is 2.97. The lowest BCUT2D eigenvalue weighted by Crippen LogP contribution is -2.45. The largest absolute Gasteiger partial charge is 0.495 e. The van der Waals surface area contributed by atoms with E-state index >= 15 is 0 Å². The van der Waals surface area contributed by atoms with Gasteiger partial charge in [0.1, 0.15) is 11.8 Å². The molecule has 1 aliphatic heterocycles. The first kappa shape index (κ1) is 20.7. The zero-order valence-corrected chi connectivity index (χ0v) is 17.5. The third kappa shape index (κ3) is 3.43. The van der Waals surface area contributed by atoms with E-state index in [0.717, 1.165) is 24.2 Å². The molecule has 8 nitrogen and oxygen atoms in total. The predicted octanol–water partition coefficient (Wildman–Crippen LogP) is 2.25. The van der Waals surface area contributed by atoms with Crippen LogP contribution in [0.1, 0.15) is 26.2 Å². The summed E-state index contributed by atoms with van der Waals surface area (Å²) in [6.45, 7) is 0.895. The number of amides is 3. The molecule has 9 heteroatoms. The second-order valence-corrected chi connectivity index (χ2v) is 8.54. The minimum atomic E-state index is -1.07. The highest BCUT2D eigenvalue weighted by Gasteiger charge is 2.62. The number of imide groups is 1. The lowest BCUT2D eigenvalue weighted by molar-refractivity contribution is -0.159. The van der Waals surface area contributed by atoms with Gasteiger partial charge in [0.2, 0.25) is 11.8 Å². The highest BCUT2D eigenvalue weighted by molar-refractivity contribution is 6.31.